The second kappa shape index (κ2) is 8.21. The second-order valence-corrected chi connectivity index (χ2v) is 8.09. The maximum Gasteiger partial charge on any atom is 0.410 e. The van der Waals surface area contributed by atoms with Crippen LogP contribution in [0.2, 0.25) is 5.15 Å². The first-order valence-electron chi connectivity index (χ1n) is 8.92. The molecule has 6 nitrogen and oxygen atoms in total. The molecule has 140 valence electrons. The van der Waals surface area contributed by atoms with E-state index in [4.69, 9.17) is 22.1 Å². The number of hydrogen-bond acceptors (Lipinski definition) is 5. The summed E-state index contributed by atoms with van der Waals surface area (Å²) in [6, 6.07) is 0. The van der Waals surface area contributed by atoms with Crippen molar-refractivity contribution >= 4 is 23.5 Å². The molecule has 1 aliphatic rings. The number of nitrogens with two attached hydrogens (primary N) is 1. The number of rotatable bonds is 3. The molecule has 0 saturated carbocycles. The van der Waals surface area contributed by atoms with E-state index in [2.05, 4.69) is 9.97 Å². The molecule has 0 bridgehead atoms. The van der Waals surface area contributed by atoms with Crippen LogP contribution in [0.25, 0.3) is 0 Å². The Hall–Kier alpha value is -1.56. The van der Waals surface area contributed by atoms with Gasteiger partial charge in [0, 0.05) is 18.7 Å². The van der Waals surface area contributed by atoms with Gasteiger partial charge in [-0.3, -0.25) is 0 Å². The molecule has 1 atom stereocenters. The highest BCUT2D eigenvalue weighted by molar-refractivity contribution is 6.30. The van der Waals surface area contributed by atoms with Gasteiger partial charge >= 0.3 is 6.09 Å². The minimum Gasteiger partial charge on any atom is -0.444 e. The van der Waals surface area contributed by atoms with Crippen molar-refractivity contribution in [1.29, 1.82) is 0 Å². The van der Waals surface area contributed by atoms with Crippen LogP contribution in [0.5, 0.6) is 0 Å². The van der Waals surface area contributed by atoms with Crippen LogP contribution in [0.1, 0.15) is 57.8 Å². The van der Waals surface area contributed by atoms with Crippen LogP contribution in [0.3, 0.4) is 0 Å². The Kier molecular flexibility index (Phi) is 6.49. The first-order valence-corrected chi connectivity index (χ1v) is 9.30. The van der Waals surface area contributed by atoms with Gasteiger partial charge in [-0.1, -0.05) is 11.6 Å². The van der Waals surface area contributed by atoms with Crippen molar-refractivity contribution in [1.82, 2.24) is 14.9 Å². The number of carbonyl (C=O) groups is 1. The first-order chi connectivity index (χ1) is 11.7. The number of hydrogen-bond donors (Lipinski definition) is 1. The predicted octanol–water partition coefficient (Wildman–Crippen LogP) is 3.99. The number of halogens is 1. The van der Waals surface area contributed by atoms with Gasteiger partial charge in [-0.05, 0) is 65.7 Å². The van der Waals surface area contributed by atoms with E-state index in [1.54, 1.807) is 6.92 Å². The van der Waals surface area contributed by atoms with E-state index in [-0.39, 0.29) is 6.09 Å². The Balaban J connectivity index is 1.88. The SMILES string of the molecule is Cc1nc(N)c(CC[C@@H]2CCCN(C(=O)OC(C)(C)C)CC2)c(Cl)n1. The van der Waals surface area contributed by atoms with E-state index >= 15 is 0 Å². The summed E-state index contributed by atoms with van der Waals surface area (Å²) >= 11 is 6.21. The van der Waals surface area contributed by atoms with Crippen LogP contribution in [-0.2, 0) is 11.2 Å². The van der Waals surface area contributed by atoms with Crippen LogP contribution in [0, 0.1) is 12.8 Å². The van der Waals surface area contributed by atoms with Gasteiger partial charge in [-0.2, -0.15) is 0 Å². The summed E-state index contributed by atoms with van der Waals surface area (Å²) in [5, 5.41) is 0.453. The molecule has 0 unspecified atom stereocenters. The van der Waals surface area contributed by atoms with Crippen molar-refractivity contribution in [3.63, 3.8) is 0 Å². The van der Waals surface area contributed by atoms with Crippen molar-refractivity contribution in [2.45, 2.75) is 65.4 Å². The average Bonchev–Trinajstić information content (AvgIpc) is 2.70. The van der Waals surface area contributed by atoms with Crippen LogP contribution in [0.15, 0.2) is 0 Å². The molecule has 2 heterocycles. The number of carbonyl (C=O) groups excluding carboxylic acids is 1. The van der Waals surface area contributed by atoms with Crippen molar-refractivity contribution < 1.29 is 9.53 Å². The summed E-state index contributed by atoms with van der Waals surface area (Å²) in [4.78, 5) is 22.4. The molecular formula is C18H29ClN4O2. The normalized spacial score (nSPS) is 18.8. The maximum atomic E-state index is 12.2. The number of nitrogens with zero attached hydrogens (tertiary/aromatic N) is 3. The van der Waals surface area contributed by atoms with E-state index in [9.17, 15) is 4.79 Å². The third-order valence-electron chi connectivity index (χ3n) is 4.40. The fourth-order valence-corrected chi connectivity index (χ4v) is 3.44. The number of nitrogen functional groups attached to an aromatic ring is 1. The van der Waals surface area contributed by atoms with Gasteiger partial charge < -0.3 is 15.4 Å². The first kappa shape index (κ1) is 19.8. The van der Waals surface area contributed by atoms with Gasteiger partial charge in [0.15, 0.2) is 0 Å². The van der Waals surface area contributed by atoms with E-state index in [0.717, 1.165) is 50.8 Å². The number of aromatic nitrogens is 2. The van der Waals surface area contributed by atoms with Crippen molar-refractivity contribution in [2.24, 2.45) is 5.92 Å². The van der Waals surface area contributed by atoms with Crippen LogP contribution in [-0.4, -0.2) is 39.7 Å². The lowest BCUT2D eigenvalue weighted by Gasteiger charge is -2.26. The molecule has 0 aliphatic carbocycles. The summed E-state index contributed by atoms with van der Waals surface area (Å²) in [5.41, 5.74) is 6.36. The fraction of sp³-hybridized carbons (Fsp3) is 0.722. The summed E-state index contributed by atoms with van der Waals surface area (Å²) in [7, 11) is 0. The fourth-order valence-electron chi connectivity index (χ4n) is 3.12. The molecule has 0 radical (unpaired) electrons. The smallest absolute Gasteiger partial charge is 0.410 e. The summed E-state index contributed by atoms with van der Waals surface area (Å²) in [5.74, 6) is 1.60. The Morgan fingerprint density at radius 3 is 2.68 bits per heavy atom. The molecule has 1 saturated heterocycles. The van der Waals surface area contributed by atoms with Crippen LogP contribution < -0.4 is 5.73 Å². The second-order valence-electron chi connectivity index (χ2n) is 7.73. The topological polar surface area (TPSA) is 81.3 Å². The average molecular weight is 369 g/mol. The van der Waals surface area contributed by atoms with E-state index in [0.29, 0.717) is 22.7 Å². The Morgan fingerprint density at radius 2 is 2.04 bits per heavy atom. The van der Waals surface area contributed by atoms with Gasteiger partial charge in [0.05, 0.1) is 0 Å². The van der Waals surface area contributed by atoms with Gasteiger partial charge in [-0.25, -0.2) is 14.8 Å². The highest BCUT2D eigenvalue weighted by Gasteiger charge is 2.25. The number of ether oxygens (including phenoxy) is 1. The number of likely N-dealkylation sites (tertiary alicyclic amines) is 1. The molecule has 25 heavy (non-hydrogen) atoms. The molecule has 2 rings (SSSR count). The van der Waals surface area contributed by atoms with Gasteiger partial charge in [0.2, 0.25) is 0 Å². The number of amides is 1. The van der Waals surface area contributed by atoms with E-state index in [1.165, 1.54) is 0 Å². The molecule has 0 spiro atoms. The number of anilines is 1. The molecule has 2 N–H and O–H groups in total. The Labute approximate surface area is 155 Å². The molecule has 7 heteroatoms. The van der Waals surface area contributed by atoms with E-state index in [1.807, 2.05) is 25.7 Å². The van der Waals surface area contributed by atoms with Gasteiger partial charge in [0.25, 0.3) is 0 Å². The molecule has 1 aromatic rings. The Morgan fingerprint density at radius 1 is 1.32 bits per heavy atom. The monoisotopic (exact) mass is 368 g/mol. The van der Waals surface area contributed by atoms with Gasteiger partial charge in [-0.15, -0.1) is 0 Å². The highest BCUT2D eigenvalue weighted by atomic mass is 35.5. The lowest BCUT2D eigenvalue weighted by atomic mass is 9.93. The third-order valence-corrected chi connectivity index (χ3v) is 4.72. The standard InChI is InChI=1S/C18H29ClN4O2/c1-12-21-15(19)14(16(20)22-12)8-7-13-6-5-10-23(11-9-13)17(24)25-18(2,3)4/h13H,5-11H2,1-4H3,(H2,20,21,22)/t13-/m0/s1. The lowest BCUT2D eigenvalue weighted by Crippen LogP contribution is -2.37. The van der Waals surface area contributed by atoms with Gasteiger partial charge in [0.1, 0.15) is 22.4 Å². The quantitative estimate of drug-likeness (QED) is 0.815. The molecule has 0 aromatic carbocycles. The highest BCUT2D eigenvalue weighted by Crippen LogP contribution is 2.27. The molecular weight excluding hydrogens is 340 g/mol. The van der Waals surface area contributed by atoms with Crippen LogP contribution in [0.4, 0.5) is 10.6 Å². The number of aryl methyl sites for hydroxylation is 1. The van der Waals surface area contributed by atoms with Crippen molar-refractivity contribution in [3.05, 3.63) is 16.5 Å². The molecule has 1 aliphatic heterocycles. The summed E-state index contributed by atoms with van der Waals surface area (Å²) < 4.78 is 5.48. The maximum absolute atomic E-state index is 12.2. The minimum absolute atomic E-state index is 0.215. The molecule has 1 amide bonds. The van der Waals surface area contributed by atoms with Crippen molar-refractivity contribution in [3.8, 4) is 0 Å². The summed E-state index contributed by atoms with van der Waals surface area (Å²) in [6.07, 6.45) is 4.55. The minimum atomic E-state index is -0.456. The molecule has 1 fully saturated rings. The molecule has 1 aromatic heterocycles. The Bertz CT molecular complexity index is 593. The van der Waals surface area contributed by atoms with Crippen LogP contribution >= 0.6 is 11.6 Å². The zero-order chi connectivity index (χ0) is 18.6. The van der Waals surface area contributed by atoms with Crippen molar-refractivity contribution in [2.75, 3.05) is 18.8 Å². The van der Waals surface area contributed by atoms with E-state index < -0.39 is 5.60 Å². The summed E-state index contributed by atoms with van der Waals surface area (Å²) in [6.45, 7) is 8.94. The predicted molar refractivity (Wildman–Crippen MR) is 99.7 cm³/mol. The third kappa shape index (κ3) is 6.03. The lowest BCUT2D eigenvalue weighted by molar-refractivity contribution is 0.0255. The zero-order valence-corrected chi connectivity index (χ0v) is 16.4. The largest absolute Gasteiger partial charge is 0.444 e. The zero-order valence-electron chi connectivity index (χ0n) is 15.6.